The molecule has 2 atom stereocenters. The Kier molecular flexibility index (Phi) is 8.41. The summed E-state index contributed by atoms with van der Waals surface area (Å²) in [5.41, 5.74) is 18.0. The lowest BCUT2D eigenvalue weighted by Crippen LogP contribution is -2.45. The average Bonchev–Trinajstić information content (AvgIpc) is 3.91. The molecule has 10 aromatic rings. The minimum atomic E-state index is -0.686. The lowest BCUT2D eigenvalue weighted by atomic mass is 9.51. The number of hydrogen-bond donors (Lipinski definition) is 0. The van der Waals surface area contributed by atoms with Crippen molar-refractivity contribution in [3.63, 3.8) is 0 Å². The molecule has 0 aliphatic heterocycles. The quantitative estimate of drug-likeness (QED) is 0.155. The van der Waals surface area contributed by atoms with Gasteiger partial charge in [-0.05, 0) is 116 Å². The molecule has 3 aliphatic carbocycles. The van der Waals surface area contributed by atoms with Gasteiger partial charge in [-0.1, -0.05) is 200 Å². The zero-order chi connectivity index (χ0) is 42.2. The highest BCUT2D eigenvalue weighted by molar-refractivity contribution is 7.26. The molecule has 0 saturated heterocycles. The van der Waals surface area contributed by atoms with Gasteiger partial charge in [0, 0.05) is 31.5 Å². The molecule has 1 heterocycles. The van der Waals surface area contributed by atoms with E-state index in [1.165, 1.54) is 86.9 Å². The molecule has 0 saturated carbocycles. The van der Waals surface area contributed by atoms with Crippen molar-refractivity contribution < 1.29 is 0 Å². The second kappa shape index (κ2) is 14.5. The normalized spacial score (nSPS) is 18.0. The van der Waals surface area contributed by atoms with Crippen molar-refractivity contribution in [3.8, 4) is 22.3 Å². The van der Waals surface area contributed by atoms with Gasteiger partial charge < -0.3 is 4.90 Å². The number of thiophene rings is 1. The highest BCUT2D eigenvalue weighted by Gasteiger charge is 2.58. The fraction of sp³-hybridized carbons (Fsp3) is 0.0645. The van der Waals surface area contributed by atoms with Crippen molar-refractivity contribution >= 4 is 48.6 Å². The van der Waals surface area contributed by atoms with Crippen LogP contribution in [0.5, 0.6) is 0 Å². The summed E-state index contributed by atoms with van der Waals surface area (Å²) in [5.74, 6) is 0. The summed E-state index contributed by atoms with van der Waals surface area (Å²) in [6.07, 6.45) is 9.43. The molecule has 0 N–H and O–H groups in total. The van der Waals surface area contributed by atoms with Crippen LogP contribution in [0.2, 0.25) is 0 Å². The minimum absolute atomic E-state index is 0.463. The molecule has 302 valence electrons. The Labute approximate surface area is 378 Å². The van der Waals surface area contributed by atoms with E-state index in [9.17, 15) is 0 Å². The van der Waals surface area contributed by atoms with Crippen molar-refractivity contribution in [1.29, 1.82) is 0 Å². The first-order valence-corrected chi connectivity index (χ1v) is 23.3. The second-order valence-corrected chi connectivity index (χ2v) is 18.4. The highest BCUT2D eigenvalue weighted by atomic mass is 32.1. The van der Waals surface area contributed by atoms with Gasteiger partial charge in [0.05, 0.1) is 16.5 Å². The molecule has 0 spiro atoms. The van der Waals surface area contributed by atoms with Crippen LogP contribution in [0.4, 0.5) is 17.1 Å². The smallest absolute Gasteiger partial charge is 0.0728 e. The van der Waals surface area contributed by atoms with Gasteiger partial charge >= 0.3 is 0 Å². The van der Waals surface area contributed by atoms with Gasteiger partial charge in [0.15, 0.2) is 0 Å². The summed E-state index contributed by atoms with van der Waals surface area (Å²) in [7, 11) is 0. The standard InChI is InChI=1S/C62H43NS/c1-4-20-43(21-5-1)61(53-32-13-14-33-54(53)62(44-22-6-2-7-23-44)52-31-12-10-26-48(52)50-29-19-35-56(61)59(50)62)55-34-15-16-36-57(55)63(45-24-8-3-9-25-45)46-40-38-42(39-41-46)47-28-18-30-51-49-27-11-17-37-58(49)64-60(47)51/h1,3-6,8-41H,2,7H2. The molecule has 0 radical (unpaired) electrons. The summed E-state index contributed by atoms with van der Waals surface area (Å²) in [6.45, 7) is 0. The summed E-state index contributed by atoms with van der Waals surface area (Å²) >= 11 is 1.88. The van der Waals surface area contributed by atoms with Crippen LogP contribution in [0.1, 0.15) is 51.8 Å². The maximum Gasteiger partial charge on any atom is 0.0728 e. The Morgan fingerprint density at radius 2 is 1.00 bits per heavy atom. The van der Waals surface area contributed by atoms with Crippen LogP contribution >= 0.6 is 11.3 Å². The Morgan fingerprint density at radius 3 is 1.80 bits per heavy atom. The number of allylic oxidation sites excluding steroid dienone is 4. The van der Waals surface area contributed by atoms with Crippen molar-refractivity contribution in [3.05, 3.63) is 281 Å². The molecule has 0 fully saturated rings. The zero-order valence-corrected chi connectivity index (χ0v) is 36.1. The molecule has 1 nitrogen and oxygen atoms in total. The van der Waals surface area contributed by atoms with Crippen molar-refractivity contribution in [1.82, 2.24) is 0 Å². The molecule has 2 heteroatoms. The molecule has 2 unspecified atom stereocenters. The monoisotopic (exact) mass is 833 g/mol. The van der Waals surface area contributed by atoms with E-state index in [1.54, 1.807) is 0 Å². The molecule has 1 aromatic heterocycles. The predicted octanol–water partition coefficient (Wildman–Crippen LogP) is 16.5. The van der Waals surface area contributed by atoms with Crippen molar-refractivity contribution in [2.24, 2.45) is 0 Å². The van der Waals surface area contributed by atoms with Crippen LogP contribution in [0, 0.1) is 0 Å². The van der Waals surface area contributed by atoms with Crippen LogP contribution in [0.15, 0.2) is 242 Å². The fourth-order valence-electron chi connectivity index (χ4n) is 11.8. The number of benzene rings is 9. The first kappa shape index (κ1) is 37.1. The lowest BCUT2D eigenvalue weighted by molar-refractivity contribution is 0.623. The Bertz CT molecular complexity index is 3500. The van der Waals surface area contributed by atoms with Crippen molar-refractivity contribution in [2.75, 3.05) is 4.90 Å². The zero-order valence-electron chi connectivity index (χ0n) is 35.3. The maximum absolute atomic E-state index is 2.52. The second-order valence-electron chi connectivity index (χ2n) is 17.3. The maximum atomic E-state index is 2.52. The van der Waals surface area contributed by atoms with Crippen molar-refractivity contribution in [2.45, 2.75) is 23.7 Å². The molecule has 64 heavy (non-hydrogen) atoms. The van der Waals surface area contributed by atoms with Crippen LogP contribution in [0.3, 0.4) is 0 Å². The van der Waals surface area contributed by atoms with Crippen LogP contribution in [-0.2, 0) is 10.8 Å². The number of para-hydroxylation sites is 2. The molecular formula is C62H43NS. The number of anilines is 3. The largest absolute Gasteiger partial charge is 0.310 e. The van der Waals surface area contributed by atoms with Gasteiger partial charge in [0.2, 0.25) is 0 Å². The SMILES string of the molecule is C1=CC(C23c4ccccc4-c4cccc(c42)C(c2ccccc2)(c2ccccc2N(c2ccccc2)c2ccc(-c4cccc5c4sc4ccccc45)cc2)c2ccccc23)=CCC1. The molecule has 3 aliphatic rings. The molecule has 9 aromatic carbocycles. The summed E-state index contributed by atoms with van der Waals surface area (Å²) in [6, 6.07) is 81.9. The van der Waals surface area contributed by atoms with Crippen LogP contribution in [-0.4, -0.2) is 0 Å². The summed E-state index contributed by atoms with van der Waals surface area (Å²) in [4.78, 5) is 2.48. The number of fused-ring (bicyclic) bond motifs is 8. The molecule has 0 amide bonds. The first-order chi connectivity index (χ1) is 31.8. The van der Waals surface area contributed by atoms with Crippen LogP contribution in [0.25, 0.3) is 42.4 Å². The molecule has 13 rings (SSSR count). The lowest BCUT2D eigenvalue weighted by Gasteiger charge is -2.51. The Morgan fingerprint density at radius 1 is 0.406 bits per heavy atom. The van der Waals surface area contributed by atoms with Crippen LogP contribution < -0.4 is 4.90 Å². The van der Waals surface area contributed by atoms with Gasteiger partial charge in [-0.15, -0.1) is 11.3 Å². The van der Waals surface area contributed by atoms with E-state index < -0.39 is 10.8 Å². The van der Waals surface area contributed by atoms with E-state index >= 15 is 0 Å². The first-order valence-electron chi connectivity index (χ1n) is 22.5. The molecular weight excluding hydrogens is 791 g/mol. The van der Waals surface area contributed by atoms with Gasteiger partial charge in [-0.2, -0.15) is 0 Å². The summed E-state index contributed by atoms with van der Waals surface area (Å²) < 4.78 is 2.65. The van der Waals surface area contributed by atoms with E-state index in [2.05, 4.69) is 242 Å². The number of nitrogens with zero attached hydrogens (tertiary/aromatic N) is 1. The predicted molar refractivity (Wildman–Crippen MR) is 270 cm³/mol. The highest BCUT2D eigenvalue weighted by Crippen LogP contribution is 2.67. The van der Waals surface area contributed by atoms with E-state index in [4.69, 9.17) is 0 Å². The number of rotatable bonds is 7. The Balaban J connectivity index is 1.09. The van der Waals surface area contributed by atoms with Gasteiger partial charge in [-0.25, -0.2) is 0 Å². The third-order valence-corrected chi connectivity index (χ3v) is 15.5. The average molecular weight is 834 g/mol. The fourth-order valence-corrected chi connectivity index (χ4v) is 13.0. The van der Waals surface area contributed by atoms with E-state index in [0.29, 0.717) is 0 Å². The van der Waals surface area contributed by atoms with Gasteiger partial charge in [0.25, 0.3) is 0 Å². The van der Waals surface area contributed by atoms with Gasteiger partial charge in [-0.3, -0.25) is 0 Å². The summed E-state index contributed by atoms with van der Waals surface area (Å²) in [5, 5.41) is 2.64. The van der Waals surface area contributed by atoms with Gasteiger partial charge in [0.1, 0.15) is 0 Å². The van der Waals surface area contributed by atoms with E-state index in [0.717, 1.165) is 29.9 Å². The topological polar surface area (TPSA) is 3.24 Å². The van der Waals surface area contributed by atoms with E-state index in [-0.39, 0.29) is 0 Å². The third kappa shape index (κ3) is 5.12. The van der Waals surface area contributed by atoms with E-state index in [1.807, 2.05) is 11.3 Å². The Hall–Kier alpha value is -7.52. The number of hydrogen-bond acceptors (Lipinski definition) is 2. The third-order valence-electron chi connectivity index (χ3n) is 14.2. The minimum Gasteiger partial charge on any atom is -0.310 e. The molecule has 0 bridgehead atoms.